The first kappa shape index (κ1) is 18.6. The second-order valence-electron chi connectivity index (χ2n) is 6.08. The second-order valence-corrected chi connectivity index (χ2v) is 6.52. The standard InChI is InChI=1S/C17H18ClF4N2/c1-10(2)13-9-24(5-4-14(13)17(20,21)22)8-11(3)16-15(19)6-12(18)7-23-16/h4-7,9-11H,8H2,1-3H3/q+1. The van der Waals surface area contributed by atoms with E-state index < -0.39 is 17.6 Å². The van der Waals surface area contributed by atoms with E-state index >= 15 is 0 Å². The minimum atomic E-state index is -4.39. The van der Waals surface area contributed by atoms with Crippen LogP contribution in [0.15, 0.2) is 30.7 Å². The van der Waals surface area contributed by atoms with Gasteiger partial charge in [0.05, 0.1) is 22.2 Å². The van der Waals surface area contributed by atoms with Crippen LogP contribution in [0.2, 0.25) is 5.02 Å². The lowest BCUT2D eigenvalue weighted by molar-refractivity contribution is -0.700. The van der Waals surface area contributed by atoms with E-state index in [0.29, 0.717) is 6.54 Å². The number of hydrogen-bond acceptors (Lipinski definition) is 1. The zero-order valence-electron chi connectivity index (χ0n) is 13.5. The zero-order valence-corrected chi connectivity index (χ0v) is 14.3. The minimum absolute atomic E-state index is 0.202. The van der Waals surface area contributed by atoms with Crippen LogP contribution in [0, 0.1) is 5.82 Å². The van der Waals surface area contributed by atoms with Crippen molar-refractivity contribution >= 4 is 11.6 Å². The molecule has 2 aromatic rings. The molecule has 0 amide bonds. The van der Waals surface area contributed by atoms with E-state index in [-0.39, 0.29) is 28.1 Å². The van der Waals surface area contributed by atoms with E-state index in [0.717, 1.165) is 6.07 Å². The summed E-state index contributed by atoms with van der Waals surface area (Å²) in [4.78, 5) is 3.99. The Morgan fingerprint density at radius 2 is 1.92 bits per heavy atom. The van der Waals surface area contributed by atoms with Crippen LogP contribution in [-0.4, -0.2) is 4.98 Å². The molecule has 2 nitrogen and oxygen atoms in total. The number of nitrogens with zero attached hydrogens (tertiary/aromatic N) is 2. The maximum atomic E-state index is 13.9. The van der Waals surface area contributed by atoms with Gasteiger partial charge in [0.1, 0.15) is 5.82 Å². The summed E-state index contributed by atoms with van der Waals surface area (Å²) in [5.74, 6) is -1.12. The van der Waals surface area contributed by atoms with Gasteiger partial charge in [0.25, 0.3) is 0 Å². The summed E-state index contributed by atoms with van der Waals surface area (Å²) in [6.45, 7) is 5.49. The Bertz CT molecular complexity index is 729. The second kappa shape index (κ2) is 7.05. The van der Waals surface area contributed by atoms with Gasteiger partial charge in [-0.05, 0) is 12.0 Å². The van der Waals surface area contributed by atoms with Crippen LogP contribution in [0.25, 0.3) is 0 Å². The minimum Gasteiger partial charge on any atom is -0.256 e. The van der Waals surface area contributed by atoms with Crippen molar-refractivity contribution in [2.24, 2.45) is 0 Å². The van der Waals surface area contributed by atoms with E-state index in [1.165, 1.54) is 24.7 Å². The number of rotatable bonds is 4. The molecule has 7 heteroatoms. The lowest BCUT2D eigenvalue weighted by atomic mass is 9.98. The van der Waals surface area contributed by atoms with E-state index in [2.05, 4.69) is 4.98 Å². The van der Waals surface area contributed by atoms with Crippen LogP contribution in [0.4, 0.5) is 17.6 Å². The Balaban J connectivity index is 2.31. The lowest BCUT2D eigenvalue weighted by Gasteiger charge is -2.15. The summed E-state index contributed by atoms with van der Waals surface area (Å²) in [5.41, 5.74) is -0.197. The Morgan fingerprint density at radius 1 is 1.25 bits per heavy atom. The number of hydrogen-bond donors (Lipinski definition) is 0. The molecular formula is C17H18ClF4N2+. The molecule has 2 rings (SSSR count). The summed E-state index contributed by atoms with van der Waals surface area (Å²) < 4.78 is 54.8. The first-order valence-corrected chi connectivity index (χ1v) is 7.88. The highest BCUT2D eigenvalue weighted by Crippen LogP contribution is 2.34. The lowest BCUT2D eigenvalue weighted by Crippen LogP contribution is -2.37. The third kappa shape index (κ3) is 4.23. The molecule has 0 aliphatic carbocycles. The maximum absolute atomic E-state index is 13.9. The summed E-state index contributed by atoms with van der Waals surface area (Å²) in [6.07, 6.45) is -0.210. The highest BCUT2D eigenvalue weighted by atomic mass is 35.5. The smallest absolute Gasteiger partial charge is 0.256 e. The van der Waals surface area contributed by atoms with Gasteiger partial charge in [-0.15, -0.1) is 0 Å². The van der Waals surface area contributed by atoms with Gasteiger partial charge in [-0.2, -0.15) is 13.2 Å². The summed E-state index contributed by atoms with van der Waals surface area (Å²) >= 11 is 5.68. The fourth-order valence-corrected chi connectivity index (χ4v) is 2.72. The quantitative estimate of drug-likeness (QED) is 0.546. The molecule has 0 aliphatic rings. The molecular weight excluding hydrogens is 344 g/mol. The van der Waals surface area contributed by atoms with Gasteiger partial charge in [-0.1, -0.05) is 32.4 Å². The Kier molecular flexibility index (Phi) is 5.48. The van der Waals surface area contributed by atoms with Crippen LogP contribution in [0.3, 0.4) is 0 Å². The Labute approximate surface area is 143 Å². The molecule has 0 bridgehead atoms. The first-order valence-electron chi connectivity index (χ1n) is 7.50. The van der Waals surface area contributed by atoms with Gasteiger partial charge in [-0.25, -0.2) is 8.96 Å². The van der Waals surface area contributed by atoms with E-state index in [9.17, 15) is 17.6 Å². The van der Waals surface area contributed by atoms with Crippen molar-refractivity contribution in [1.82, 2.24) is 4.98 Å². The molecule has 130 valence electrons. The highest BCUT2D eigenvalue weighted by molar-refractivity contribution is 6.30. The van der Waals surface area contributed by atoms with Crippen LogP contribution in [-0.2, 0) is 12.7 Å². The molecule has 0 aromatic carbocycles. The molecule has 0 saturated heterocycles. The number of aromatic nitrogens is 2. The monoisotopic (exact) mass is 361 g/mol. The SMILES string of the molecule is CC(C)c1c[n+](CC(C)c2ncc(Cl)cc2F)ccc1C(F)(F)F. The Morgan fingerprint density at radius 3 is 2.46 bits per heavy atom. The van der Waals surface area contributed by atoms with Gasteiger partial charge in [0, 0.05) is 17.8 Å². The number of alkyl halides is 3. The average Bonchev–Trinajstić information content (AvgIpc) is 2.45. The molecule has 0 N–H and O–H groups in total. The number of halogens is 5. The van der Waals surface area contributed by atoms with Crippen molar-refractivity contribution < 1.29 is 22.1 Å². The van der Waals surface area contributed by atoms with E-state index in [4.69, 9.17) is 11.6 Å². The predicted octanol–water partition coefficient (Wildman–Crippen LogP) is 5.11. The van der Waals surface area contributed by atoms with Crippen LogP contribution < -0.4 is 4.57 Å². The summed E-state index contributed by atoms with van der Waals surface area (Å²) in [7, 11) is 0. The maximum Gasteiger partial charge on any atom is 0.417 e. The van der Waals surface area contributed by atoms with Crippen molar-refractivity contribution in [3.05, 3.63) is 58.4 Å². The molecule has 2 aromatic heterocycles. The molecule has 24 heavy (non-hydrogen) atoms. The normalized spacial score (nSPS) is 13.4. The third-order valence-electron chi connectivity index (χ3n) is 3.76. The summed E-state index contributed by atoms with van der Waals surface area (Å²) in [6, 6.07) is 2.24. The molecule has 0 aliphatic heterocycles. The fourth-order valence-electron chi connectivity index (χ4n) is 2.58. The molecule has 2 heterocycles. The average molecular weight is 362 g/mol. The summed E-state index contributed by atoms with van der Waals surface area (Å²) in [5, 5.41) is 0.202. The molecule has 0 fully saturated rings. The predicted molar refractivity (Wildman–Crippen MR) is 83.3 cm³/mol. The van der Waals surface area contributed by atoms with Crippen LogP contribution in [0.1, 0.15) is 49.4 Å². The van der Waals surface area contributed by atoms with E-state index in [1.54, 1.807) is 25.3 Å². The van der Waals surface area contributed by atoms with Crippen molar-refractivity contribution in [2.45, 2.75) is 45.3 Å². The largest absolute Gasteiger partial charge is 0.417 e. The Hall–Kier alpha value is -1.69. The third-order valence-corrected chi connectivity index (χ3v) is 3.97. The van der Waals surface area contributed by atoms with Crippen molar-refractivity contribution in [3.8, 4) is 0 Å². The van der Waals surface area contributed by atoms with Gasteiger partial charge in [0.2, 0.25) is 0 Å². The van der Waals surface area contributed by atoms with Crippen molar-refractivity contribution in [1.29, 1.82) is 0 Å². The fraction of sp³-hybridized carbons (Fsp3) is 0.412. The number of pyridine rings is 2. The zero-order chi connectivity index (χ0) is 18.1. The van der Waals surface area contributed by atoms with Gasteiger partial charge in [0.15, 0.2) is 18.9 Å². The van der Waals surface area contributed by atoms with Gasteiger partial charge < -0.3 is 0 Å². The highest BCUT2D eigenvalue weighted by Gasteiger charge is 2.35. The topological polar surface area (TPSA) is 16.8 Å². The molecule has 0 saturated carbocycles. The van der Waals surface area contributed by atoms with Gasteiger partial charge >= 0.3 is 6.18 Å². The van der Waals surface area contributed by atoms with E-state index in [1.807, 2.05) is 0 Å². The molecule has 0 spiro atoms. The molecule has 1 unspecified atom stereocenters. The van der Waals surface area contributed by atoms with Crippen LogP contribution in [0.5, 0.6) is 0 Å². The van der Waals surface area contributed by atoms with Gasteiger partial charge in [-0.3, -0.25) is 4.98 Å². The van der Waals surface area contributed by atoms with Crippen molar-refractivity contribution in [2.75, 3.05) is 0 Å². The molecule has 1 atom stereocenters. The first-order chi connectivity index (χ1) is 11.1. The van der Waals surface area contributed by atoms with Crippen LogP contribution >= 0.6 is 11.6 Å². The van der Waals surface area contributed by atoms with Crippen molar-refractivity contribution in [3.63, 3.8) is 0 Å². The molecule has 0 radical (unpaired) electrons.